The molecule has 2 atom stereocenters. The van der Waals surface area contributed by atoms with Crippen LogP contribution in [0.5, 0.6) is 0 Å². The molecule has 2 aliphatic rings. The summed E-state index contributed by atoms with van der Waals surface area (Å²) in [6.45, 7) is 6.82. The van der Waals surface area contributed by atoms with Gasteiger partial charge in [0, 0.05) is 33.8 Å². The van der Waals surface area contributed by atoms with Gasteiger partial charge in [0.1, 0.15) is 18.7 Å². The number of nitrogens with zero attached hydrogens (tertiary/aromatic N) is 4. The van der Waals surface area contributed by atoms with E-state index in [1.807, 2.05) is 0 Å². The van der Waals surface area contributed by atoms with Crippen LogP contribution < -0.4 is 4.90 Å². The molecule has 2 aromatic carbocycles. The number of halogens is 4. The van der Waals surface area contributed by atoms with Gasteiger partial charge in [-0.05, 0) is 41.9 Å². The lowest BCUT2D eigenvalue weighted by molar-refractivity contribution is -0.137. The minimum atomic E-state index is -4.88. The number of rotatable bonds is 8. The van der Waals surface area contributed by atoms with Crippen LogP contribution in [0, 0.1) is 17.1 Å². The quantitative estimate of drug-likeness (QED) is 0.101. The second kappa shape index (κ2) is 11.9. The molecule has 2 aliphatic heterocycles. The van der Waals surface area contributed by atoms with E-state index in [-0.39, 0.29) is 36.6 Å². The molecule has 0 aromatic heterocycles. The maximum atomic E-state index is 15.4. The van der Waals surface area contributed by atoms with E-state index < -0.39 is 60.7 Å². The van der Waals surface area contributed by atoms with Crippen molar-refractivity contribution in [2.75, 3.05) is 31.9 Å². The smallest absolute Gasteiger partial charge is 0.370 e. The van der Waals surface area contributed by atoms with Crippen LogP contribution >= 0.6 is 12.8 Å². The zero-order valence-electron chi connectivity index (χ0n) is 23.9. The maximum Gasteiger partial charge on any atom is 0.417 e. The summed E-state index contributed by atoms with van der Waals surface area (Å²) in [6, 6.07) is 7.62. The van der Waals surface area contributed by atoms with Crippen LogP contribution in [0.25, 0.3) is 0 Å². The Bertz CT molecular complexity index is 1490. The van der Waals surface area contributed by atoms with E-state index in [9.17, 15) is 32.8 Å². The van der Waals surface area contributed by atoms with E-state index in [0.717, 1.165) is 29.1 Å². The van der Waals surface area contributed by atoms with Crippen LogP contribution in [0.15, 0.2) is 36.4 Å². The number of hydrogen-bond acceptors (Lipinski definition) is 7. The highest BCUT2D eigenvalue weighted by Crippen LogP contribution is 2.50. The number of urea groups is 1. The van der Waals surface area contributed by atoms with Crippen molar-refractivity contribution in [2.45, 2.75) is 49.9 Å². The number of carbonyl (C=O) groups is 3. The minimum Gasteiger partial charge on any atom is -0.370 e. The fourth-order valence-electron chi connectivity index (χ4n) is 5.11. The number of carbonyl (C=O) groups excluding carboxylic acids is 3. The van der Waals surface area contributed by atoms with Gasteiger partial charge in [-0.1, -0.05) is 38.5 Å². The number of benzene rings is 2. The molecule has 0 bridgehead atoms. The van der Waals surface area contributed by atoms with Crippen molar-refractivity contribution in [1.29, 1.82) is 5.26 Å². The lowest BCUT2D eigenvalue weighted by Gasteiger charge is -2.35. The number of amides is 4. The average Bonchev–Trinajstić information content (AvgIpc) is 3.45. The van der Waals surface area contributed by atoms with Gasteiger partial charge < -0.3 is 14.4 Å². The average molecular weight is 639 g/mol. The van der Waals surface area contributed by atoms with E-state index in [1.165, 1.54) is 30.1 Å². The Morgan fingerprint density at radius 1 is 1.23 bits per heavy atom. The molecule has 43 heavy (non-hydrogen) atoms. The summed E-state index contributed by atoms with van der Waals surface area (Å²) in [5.74, 6) is -2.54. The fraction of sp³-hybridized carbons (Fsp3) is 0.429. The van der Waals surface area contributed by atoms with Crippen molar-refractivity contribution in [3.63, 3.8) is 0 Å². The Morgan fingerprint density at radius 3 is 2.53 bits per heavy atom. The summed E-state index contributed by atoms with van der Waals surface area (Å²) >= 11 is 4.00. The van der Waals surface area contributed by atoms with Crippen LogP contribution in [0.4, 0.5) is 28.0 Å². The summed E-state index contributed by atoms with van der Waals surface area (Å²) in [5.41, 5.74) is -4.31. The number of ether oxygens (including phenoxy) is 2. The number of hydrogen-bond donors (Lipinski definition) is 1. The number of nitriles is 1. The molecule has 0 unspecified atom stereocenters. The van der Waals surface area contributed by atoms with E-state index in [1.54, 1.807) is 0 Å². The largest absolute Gasteiger partial charge is 0.417 e. The maximum absolute atomic E-state index is 15.4. The summed E-state index contributed by atoms with van der Waals surface area (Å²) in [5, 5.41) is 9.18. The van der Waals surface area contributed by atoms with E-state index in [2.05, 4.69) is 32.5 Å². The first-order valence-corrected chi connectivity index (χ1v) is 17.4. The number of thiol groups is 1. The molecule has 4 amide bonds. The zero-order chi connectivity index (χ0) is 31.9. The Morgan fingerprint density at radius 2 is 1.93 bits per heavy atom. The van der Waals surface area contributed by atoms with Crippen LogP contribution in [-0.4, -0.2) is 67.7 Å². The topological polar surface area (TPSA) is 103 Å². The number of imide groups is 1. The van der Waals surface area contributed by atoms with Gasteiger partial charge in [0.2, 0.25) is 0 Å². The van der Waals surface area contributed by atoms with Gasteiger partial charge in [-0.2, -0.15) is 18.4 Å². The first kappa shape index (κ1) is 32.5. The third-order valence-electron chi connectivity index (χ3n) is 7.38. The molecule has 2 saturated heterocycles. The molecule has 1 spiro atoms. The summed E-state index contributed by atoms with van der Waals surface area (Å²) in [6.07, 6.45) is -6.42. The van der Waals surface area contributed by atoms with Crippen LogP contribution in [0.3, 0.4) is 0 Å². The van der Waals surface area contributed by atoms with Gasteiger partial charge >= 0.3 is 12.2 Å². The van der Waals surface area contributed by atoms with Gasteiger partial charge in [-0.25, -0.2) is 13.5 Å². The van der Waals surface area contributed by atoms with Gasteiger partial charge in [0.25, 0.3) is 11.8 Å². The third kappa shape index (κ3) is 6.14. The van der Waals surface area contributed by atoms with E-state index in [4.69, 9.17) is 9.47 Å². The highest BCUT2D eigenvalue weighted by molar-refractivity contribution is 7.79. The molecule has 2 aromatic rings. The lowest BCUT2D eigenvalue weighted by Crippen LogP contribution is -2.52. The molecule has 0 saturated carbocycles. The second-order valence-corrected chi connectivity index (χ2v) is 17.6. The second-order valence-electron chi connectivity index (χ2n) is 11.6. The predicted molar refractivity (Wildman–Crippen MR) is 153 cm³/mol. The summed E-state index contributed by atoms with van der Waals surface area (Å²) in [7, 11) is 0.107. The molecule has 0 aliphatic carbocycles. The van der Waals surface area contributed by atoms with Crippen molar-refractivity contribution < 1.29 is 41.4 Å². The van der Waals surface area contributed by atoms with Gasteiger partial charge in [-0.3, -0.25) is 14.5 Å². The lowest BCUT2D eigenvalue weighted by atomic mass is 9.84. The summed E-state index contributed by atoms with van der Waals surface area (Å²) < 4.78 is 68.4. The Balaban J connectivity index is 1.67. The number of alkyl halides is 3. The van der Waals surface area contributed by atoms with Gasteiger partial charge in [0.05, 0.1) is 29.4 Å². The molecule has 4 rings (SSSR count). The van der Waals surface area contributed by atoms with Crippen molar-refractivity contribution >= 4 is 44.4 Å². The van der Waals surface area contributed by atoms with E-state index >= 15 is 4.39 Å². The van der Waals surface area contributed by atoms with Crippen molar-refractivity contribution in [3.05, 3.63) is 64.5 Å². The molecule has 15 heteroatoms. The molecule has 0 N–H and O–H groups in total. The van der Waals surface area contributed by atoms with Crippen molar-refractivity contribution in [1.82, 2.24) is 9.21 Å². The minimum absolute atomic E-state index is 0.0646. The molecule has 230 valence electrons. The fourth-order valence-corrected chi connectivity index (χ4v) is 6.13. The van der Waals surface area contributed by atoms with Gasteiger partial charge in [0.15, 0.2) is 5.54 Å². The van der Waals surface area contributed by atoms with Crippen molar-refractivity contribution in [2.24, 2.45) is 0 Å². The molecule has 9 nitrogen and oxygen atoms in total. The highest BCUT2D eigenvalue weighted by Gasteiger charge is 2.65. The SMILES string of the molecule is CN(COCC[Si](C)(C)C)C(=O)c1ccc(N2C(=O)N(S)C(=O)[C@]23CCO[C@@H]3c2ccc(C#N)c(C(F)(F)F)c2)cc1F. The third-order valence-corrected chi connectivity index (χ3v) is 9.43. The molecule has 0 radical (unpaired) electrons. The monoisotopic (exact) mass is 638 g/mol. The number of anilines is 1. The Labute approximate surface area is 252 Å². The van der Waals surface area contributed by atoms with Crippen molar-refractivity contribution in [3.8, 4) is 6.07 Å². The Hall–Kier alpha value is -3.45. The van der Waals surface area contributed by atoms with Crippen LogP contribution in [0.1, 0.15) is 39.6 Å². The first-order valence-electron chi connectivity index (χ1n) is 13.3. The Kier molecular flexibility index (Phi) is 8.99. The predicted octanol–water partition coefficient (Wildman–Crippen LogP) is 5.61. The zero-order valence-corrected chi connectivity index (χ0v) is 25.8. The first-order chi connectivity index (χ1) is 20.0. The molecule has 2 fully saturated rings. The molecular formula is C28H30F4N4O5SSi. The van der Waals surface area contributed by atoms with Gasteiger partial charge in [-0.15, -0.1) is 0 Å². The highest BCUT2D eigenvalue weighted by atomic mass is 32.1. The van der Waals surface area contributed by atoms with E-state index in [0.29, 0.717) is 17.0 Å². The normalized spacial score (nSPS) is 20.7. The standard InChI is InChI=1S/C28H30F4N4O5SSi/c1-34(16-40-11-12-43(2,3)4)24(37)20-8-7-19(14-22(20)29)35-26(39)36(42)25(38)27(35)9-10-41-23(27)17-5-6-18(15-33)21(13-17)28(30,31)32/h5-8,13-14,23,42H,9-12,16H2,1-4H3/t23-,27-/m1/s1. The van der Waals surface area contributed by atoms with Crippen LogP contribution in [-0.2, 0) is 20.4 Å². The molecular weight excluding hydrogens is 608 g/mol. The van der Waals surface area contributed by atoms with Crippen LogP contribution in [0.2, 0.25) is 25.7 Å². The molecule has 2 heterocycles. The summed E-state index contributed by atoms with van der Waals surface area (Å²) in [4.78, 5) is 41.9.